The smallest absolute Gasteiger partial charge is 0.253 e. The van der Waals surface area contributed by atoms with Gasteiger partial charge in [-0.05, 0) is 50.6 Å². The number of ether oxygens (including phenoxy) is 1. The topological polar surface area (TPSA) is 29.5 Å². The van der Waals surface area contributed by atoms with Gasteiger partial charge in [0.15, 0.2) is 0 Å². The van der Waals surface area contributed by atoms with Crippen LogP contribution in [0.15, 0.2) is 54.6 Å². The Kier molecular flexibility index (Phi) is 12.8. The number of carbonyl (C=O) groups is 1. The second-order valence-electron chi connectivity index (χ2n) is 7.18. The van der Waals surface area contributed by atoms with Crippen LogP contribution in [0.1, 0.15) is 37.2 Å². The van der Waals surface area contributed by atoms with Crippen molar-refractivity contribution in [3.63, 3.8) is 0 Å². The highest BCUT2D eigenvalue weighted by Gasteiger charge is 2.25. The molecule has 0 radical (unpaired) electrons. The fourth-order valence-electron chi connectivity index (χ4n) is 3.29. The number of likely N-dealkylation sites (N-methyl/N-ethyl adjacent to an activating group) is 2. The lowest BCUT2D eigenvalue weighted by Crippen LogP contribution is -3.00. The third-order valence-electron chi connectivity index (χ3n) is 5.44. The summed E-state index contributed by atoms with van der Waals surface area (Å²) in [6.45, 7) is 11.9. The fraction of sp³-hybridized carbons (Fsp3) is 0.458. The first-order valence-corrected chi connectivity index (χ1v) is 9.85. The summed E-state index contributed by atoms with van der Waals surface area (Å²) < 4.78 is 6.92. The maximum Gasteiger partial charge on any atom is 0.253 e. The Morgan fingerprint density at radius 3 is 2.24 bits per heavy atom. The van der Waals surface area contributed by atoms with E-state index >= 15 is 0 Å². The monoisotopic (exact) mass is 512 g/mol. The van der Waals surface area contributed by atoms with E-state index in [1.165, 1.54) is 5.56 Å². The number of benzene rings is 2. The van der Waals surface area contributed by atoms with Crippen molar-refractivity contribution >= 4 is 5.91 Å². The van der Waals surface area contributed by atoms with Crippen LogP contribution in [0.25, 0.3) is 0 Å². The lowest BCUT2D eigenvalue weighted by molar-refractivity contribution is -0.924. The maximum absolute atomic E-state index is 12.6. The van der Waals surface area contributed by atoms with Gasteiger partial charge >= 0.3 is 0 Å². The summed E-state index contributed by atoms with van der Waals surface area (Å²) in [5.74, 6) is 1.01. The summed E-state index contributed by atoms with van der Waals surface area (Å²) in [7, 11) is 1.89. The van der Waals surface area contributed by atoms with Gasteiger partial charge in [-0.2, -0.15) is 0 Å². The molecule has 2 aromatic rings. The van der Waals surface area contributed by atoms with Crippen molar-refractivity contribution in [3.05, 3.63) is 65.7 Å². The number of hydrogen-bond donors (Lipinski definition) is 0. The molecule has 0 fully saturated rings. The van der Waals surface area contributed by atoms with E-state index in [1.54, 1.807) is 0 Å². The van der Waals surface area contributed by atoms with Crippen molar-refractivity contribution in [2.24, 2.45) is 0 Å². The van der Waals surface area contributed by atoms with Gasteiger partial charge in [0.05, 0.1) is 26.2 Å². The highest BCUT2D eigenvalue weighted by Crippen LogP contribution is 2.14. The Hall–Kier alpha value is -1.60. The lowest BCUT2D eigenvalue weighted by Gasteiger charge is -2.38. The molecule has 162 valence electrons. The summed E-state index contributed by atoms with van der Waals surface area (Å²) in [6, 6.07) is 17.7. The number of halogens is 1. The number of aryl methyl sites for hydroxylation is 1. The van der Waals surface area contributed by atoms with E-state index in [1.807, 2.05) is 54.4 Å². The zero-order valence-corrected chi connectivity index (χ0v) is 19.7. The molecule has 0 saturated carbocycles. The van der Waals surface area contributed by atoms with Crippen LogP contribution in [0.5, 0.6) is 5.75 Å². The third-order valence-corrected chi connectivity index (χ3v) is 5.44. The second-order valence-corrected chi connectivity index (χ2v) is 7.18. The molecule has 0 aliphatic rings. The van der Waals surface area contributed by atoms with Gasteiger partial charge in [0.2, 0.25) is 0 Å². The number of carbonyl (C=O) groups excluding carboxylic acids is 1. The molecule has 1 amide bonds. The summed E-state index contributed by atoms with van der Waals surface area (Å²) in [4.78, 5) is 14.4. The van der Waals surface area contributed by atoms with Crippen LogP contribution >= 0.6 is 0 Å². The first-order chi connectivity index (χ1) is 13.0. The molecule has 2 aromatic carbocycles. The summed E-state index contributed by atoms with van der Waals surface area (Å²) >= 11 is 0. The molecule has 0 aliphatic carbocycles. The minimum absolute atomic E-state index is 0. The van der Waals surface area contributed by atoms with Crippen LogP contribution in [0.3, 0.4) is 0 Å². The number of rotatable bonds is 10. The van der Waals surface area contributed by atoms with Gasteiger partial charge in [-0.15, -0.1) is 0 Å². The van der Waals surface area contributed by atoms with E-state index in [4.69, 9.17) is 4.74 Å². The third kappa shape index (κ3) is 8.34. The van der Waals surface area contributed by atoms with Gasteiger partial charge < -0.3 is 38.1 Å². The molecule has 4 nitrogen and oxygen atoms in total. The normalized spacial score (nSPS) is 10.5. The molecule has 0 unspecified atom stereocenters. The van der Waals surface area contributed by atoms with Crippen LogP contribution in [0.2, 0.25) is 0 Å². The van der Waals surface area contributed by atoms with Gasteiger partial charge in [0, 0.05) is 12.6 Å². The Balaban J connectivity index is 0.00000392. The molecule has 0 heterocycles. The molecule has 0 aromatic heterocycles. The van der Waals surface area contributed by atoms with Crippen LogP contribution in [0, 0.1) is 6.92 Å². The predicted octanol–water partition coefficient (Wildman–Crippen LogP) is 1.64. The van der Waals surface area contributed by atoms with E-state index in [9.17, 15) is 4.79 Å². The predicted molar refractivity (Wildman–Crippen MR) is 118 cm³/mol. The second kappa shape index (κ2) is 13.6. The SMILES string of the molecule is C.CC[N+](CC)(CCOc1cccc(C)c1)CCN(C)C(=O)c1ccccc1.[I-]. The number of nitrogens with zero attached hydrogens (tertiary/aromatic N) is 2. The minimum atomic E-state index is 0. The average Bonchev–Trinajstić information content (AvgIpc) is 2.70. The molecule has 0 saturated heterocycles. The molecule has 0 aliphatic heterocycles. The van der Waals surface area contributed by atoms with Crippen LogP contribution < -0.4 is 28.7 Å². The minimum Gasteiger partial charge on any atom is -1.00 e. The van der Waals surface area contributed by atoms with Crippen molar-refractivity contribution in [1.82, 2.24) is 4.90 Å². The molecular formula is C24H37IN2O2. The molecule has 0 N–H and O–H groups in total. The standard InChI is InChI=1S/C23H33N2O2.CH4.HI/c1-5-25(6-2,17-18-27-22-14-10-11-20(3)19-22)16-15-24(4)23(26)21-12-8-7-9-13-21;;/h7-14,19H,5-6,15-18H2,1-4H3;1H4;1H/q+1;;/p-1. The van der Waals surface area contributed by atoms with Crippen LogP contribution in [-0.2, 0) is 0 Å². The number of hydrogen-bond acceptors (Lipinski definition) is 2. The highest BCUT2D eigenvalue weighted by molar-refractivity contribution is 5.93. The molecule has 5 heteroatoms. The van der Waals surface area contributed by atoms with E-state index in [0.717, 1.165) is 48.5 Å². The van der Waals surface area contributed by atoms with Crippen LogP contribution in [-0.4, -0.2) is 61.7 Å². The first kappa shape index (κ1) is 27.4. The van der Waals surface area contributed by atoms with Crippen LogP contribution in [0.4, 0.5) is 0 Å². The van der Waals surface area contributed by atoms with Crippen molar-refractivity contribution in [3.8, 4) is 5.75 Å². The summed E-state index contributed by atoms with van der Waals surface area (Å²) in [5, 5.41) is 0. The van der Waals surface area contributed by atoms with Crippen molar-refractivity contribution in [2.75, 3.05) is 46.4 Å². The molecule has 29 heavy (non-hydrogen) atoms. The van der Waals surface area contributed by atoms with Crippen molar-refractivity contribution < 1.29 is 38.0 Å². The summed E-state index contributed by atoms with van der Waals surface area (Å²) in [5.41, 5.74) is 1.95. The van der Waals surface area contributed by atoms with Gasteiger partial charge in [-0.3, -0.25) is 4.79 Å². The Morgan fingerprint density at radius 1 is 1.00 bits per heavy atom. The largest absolute Gasteiger partial charge is 1.00 e. The number of amides is 1. The fourth-order valence-corrected chi connectivity index (χ4v) is 3.29. The molecule has 0 spiro atoms. The average molecular weight is 512 g/mol. The van der Waals surface area contributed by atoms with Gasteiger partial charge in [0.25, 0.3) is 5.91 Å². The maximum atomic E-state index is 12.6. The molecule has 0 bridgehead atoms. The molecule has 2 rings (SSSR count). The van der Waals surface area contributed by atoms with E-state index < -0.39 is 0 Å². The van der Waals surface area contributed by atoms with Gasteiger partial charge in [-0.25, -0.2) is 0 Å². The van der Waals surface area contributed by atoms with Gasteiger partial charge in [0.1, 0.15) is 18.9 Å². The lowest BCUT2D eigenvalue weighted by atomic mass is 10.2. The first-order valence-electron chi connectivity index (χ1n) is 9.85. The van der Waals surface area contributed by atoms with Gasteiger partial charge in [-0.1, -0.05) is 37.8 Å². The highest BCUT2D eigenvalue weighted by atomic mass is 127. The quantitative estimate of drug-likeness (QED) is 0.358. The Morgan fingerprint density at radius 2 is 1.66 bits per heavy atom. The number of quaternary nitrogens is 1. The Bertz CT molecular complexity index is 718. The zero-order chi connectivity index (χ0) is 19.7. The van der Waals surface area contributed by atoms with Crippen molar-refractivity contribution in [1.29, 1.82) is 0 Å². The van der Waals surface area contributed by atoms with E-state index in [-0.39, 0.29) is 37.3 Å². The van der Waals surface area contributed by atoms with E-state index in [0.29, 0.717) is 6.61 Å². The zero-order valence-electron chi connectivity index (χ0n) is 17.5. The van der Waals surface area contributed by atoms with Crippen molar-refractivity contribution in [2.45, 2.75) is 28.2 Å². The van der Waals surface area contributed by atoms with E-state index in [2.05, 4.69) is 32.9 Å². The molecule has 0 atom stereocenters. The summed E-state index contributed by atoms with van der Waals surface area (Å²) in [6.07, 6.45) is 0. The Labute approximate surface area is 194 Å². The molecular weight excluding hydrogens is 475 g/mol.